The Balaban J connectivity index is 2.19. The Bertz CT molecular complexity index is 770. The molecule has 4 rings (SSSR count). The third-order valence-electron chi connectivity index (χ3n) is 3.40. The van der Waals surface area contributed by atoms with Crippen molar-refractivity contribution in [3.8, 4) is 0 Å². The maximum Gasteiger partial charge on any atom is 0.233 e. The molecule has 3 nitrogen and oxygen atoms in total. The summed E-state index contributed by atoms with van der Waals surface area (Å²) in [6.45, 7) is 0. The number of fused-ring (bicyclic) bond motifs is 4. The fourth-order valence-corrected chi connectivity index (χ4v) is 2.59. The largest absolute Gasteiger partial charge is 0.274 e. The van der Waals surface area contributed by atoms with Crippen LogP contribution in [0.5, 0.6) is 0 Å². The molecule has 0 aliphatic carbocycles. The average Bonchev–Trinajstić information content (AvgIpc) is 2.87. The molecule has 1 aliphatic rings. The van der Waals surface area contributed by atoms with Crippen LogP contribution in [-0.2, 0) is 6.42 Å². The smallest absolute Gasteiger partial charge is 0.233 e. The van der Waals surface area contributed by atoms with Crippen molar-refractivity contribution in [2.75, 3.05) is 0 Å². The van der Waals surface area contributed by atoms with E-state index in [1.54, 1.807) is 4.57 Å². The summed E-state index contributed by atoms with van der Waals surface area (Å²) in [5.74, 6) is 1.07. The fraction of sp³-hybridized carbons (Fsp3) is 0.143. The van der Waals surface area contributed by atoms with E-state index in [9.17, 15) is 4.79 Å². The standard InChI is InChI=1S/C14H10N2O/c17-14-6-5-13-15-11-7-9-3-1-2-4-10(9)8-12(11)16(13)14/h1-4,7-8H,5-6H2. The first-order valence-corrected chi connectivity index (χ1v) is 5.76. The molecule has 3 aromatic rings. The number of rotatable bonds is 0. The first-order valence-electron chi connectivity index (χ1n) is 5.76. The average molecular weight is 222 g/mol. The van der Waals surface area contributed by atoms with Crippen LogP contribution in [-0.4, -0.2) is 15.5 Å². The third-order valence-corrected chi connectivity index (χ3v) is 3.40. The molecule has 0 fully saturated rings. The Morgan fingerprint density at radius 3 is 2.65 bits per heavy atom. The van der Waals surface area contributed by atoms with Gasteiger partial charge in [0.25, 0.3) is 0 Å². The fourth-order valence-electron chi connectivity index (χ4n) is 2.59. The first-order chi connectivity index (χ1) is 8.33. The molecule has 0 bridgehead atoms. The summed E-state index contributed by atoms with van der Waals surface area (Å²) in [6.07, 6.45) is 1.36. The highest BCUT2D eigenvalue weighted by Crippen LogP contribution is 2.26. The number of hydrogen-bond donors (Lipinski definition) is 0. The Hall–Kier alpha value is -2.16. The molecule has 2 heterocycles. The normalized spacial score (nSPS) is 14.7. The number of nitrogens with zero attached hydrogens (tertiary/aromatic N) is 2. The van der Waals surface area contributed by atoms with E-state index in [0.29, 0.717) is 6.42 Å². The molecule has 0 radical (unpaired) electrons. The quantitative estimate of drug-likeness (QED) is 0.586. The summed E-state index contributed by atoms with van der Waals surface area (Å²) in [5.41, 5.74) is 1.87. The molecule has 2 aromatic carbocycles. The van der Waals surface area contributed by atoms with E-state index in [-0.39, 0.29) is 5.91 Å². The SMILES string of the molecule is O=C1CCc2nc3cc4ccccc4cc3n21. The van der Waals surface area contributed by atoms with Crippen molar-refractivity contribution in [1.82, 2.24) is 9.55 Å². The predicted molar refractivity (Wildman–Crippen MR) is 66.2 cm³/mol. The van der Waals surface area contributed by atoms with Gasteiger partial charge in [0.1, 0.15) is 5.82 Å². The molecule has 1 aliphatic heterocycles. The van der Waals surface area contributed by atoms with Crippen LogP contribution in [0, 0.1) is 0 Å². The Kier molecular flexibility index (Phi) is 1.55. The summed E-state index contributed by atoms with van der Waals surface area (Å²) in [5, 5.41) is 2.33. The van der Waals surface area contributed by atoms with E-state index in [1.807, 2.05) is 12.1 Å². The van der Waals surface area contributed by atoms with E-state index >= 15 is 0 Å². The highest BCUT2D eigenvalue weighted by molar-refractivity contribution is 6.00. The van der Waals surface area contributed by atoms with Gasteiger partial charge in [-0.05, 0) is 22.9 Å². The van der Waals surface area contributed by atoms with E-state index in [1.165, 1.54) is 5.39 Å². The van der Waals surface area contributed by atoms with E-state index in [4.69, 9.17) is 0 Å². The topological polar surface area (TPSA) is 34.9 Å². The van der Waals surface area contributed by atoms with Gasteiger partial charge in [-0.1, -0.05) is 24.3 Å². The molecule has 17 heavy (non-hydrogen) atoms. The van der Waals surface area contributed by atoms with Gasteiger partial charge < -0.3 is 0 Å². The van der Waals surface area contributed by atoms with Crippen molar-refractivity contribution >= 4 is 27.7 Å². The van der Waals surface area contributed by atoms with Gasteiger partial charge in [0, 0.05) is 12.8 Å². The van der Waals surface area contributed by atoms with E-state index in [0.717, 1.165) is 28.7 Å². The Morgan fingerprint density at radius 2 is 1.82 bits per heavy atom. The molecule has 0 amide bonds. The lowest BCUT2D eigenvalue weighted by Crippen LogP contribution is -2.02. The van der Waals surface area contributed by atoms with E-state index < -0.39 is 0 Å². The van der Waals surface area contributed by atoms with Crippen molar-refractivity contribution < 1.29 is 4.79 Å². The van der Waals surface area contributed by atoms with Gasteiger partial charge in [-0.25, -0.2) is 4.98 Å². The van der Waals surface area contributed by atoms with Gasteiger partial charge >= 0.3 is 0 Å². The van der Waals surface area contributed by atoms with Crippen LogP contribution < -0.4 is 0 Å². The van der Waals surface area contributed by atoms with Crippen molar-refractivity contribution in [2.24, 2.45) is 0 Å². The second-order valence-corrected chi connectivity index (χ2v) is 4.45. The summed E-state index contributed by atoms with van der Waals surface area (Å²) < 4.78 is 1.77. The molecule has 0 saturated heterocycles. The monoisotopic (exact) mass is 222 g/mol. The zero-order chi connectivity index (χ0) is 11.4. The van der Waals surface area contributed by atoms with Crippen LogP contribution in [0.4, 0.5) is 0 Å². The van der Waals surface area contributed by atoms with Gasteiger partial charge in [0.2, 0.25) is 5.91 Å². The van der Waals surface area contributed by atoms with Crippen molar-refractivity contribution in [3.05, 3.63) is 42.2 Å². The number of aryl methyl sites for hydroxylation is 1. The molecule has 0 N–H and O–H groups in total. The van der Waals surface area contributed by atoms with Crippen molar-refractivity contribution in [3.63, 3.8) is 0 Å². The number of benzene rings is 2. The van der Waals surface area contributed by atoms with Crippen LogP contribution in [0.3, 0.4) is 0 Å². The van der Waals surface area contributed by atoms with Crippen LogP contribution in [0.1, 0.15) is 17.0 Å². The summed E-state index contributed by atoms with van der Waals surface area (Å²) in [4.78, 5) is 16.3. The molecule has 0 saturated carbocycles. The van der Waals surface area contributed by atoms with Gasteiger partial charge in [0.05, 0.1) is 11.0 Å². The number of carbonyl (C=O) groups is 1. The second-order valence-electron chi connectivity index (χ2n) is 4.45. The van der Waals surface area contributed by atoms with Gasteiger partial charge in [0.15, 0.2) is 0 Å². The molecular formula is C14H10N2O. The van der Waals surface area contributed by atoms with Crippen molar-refractivity contribution in [1.29, 1.82) is 0 Å². The van der Waals surface area contributed by atoms with Crippen LogP contribution >= 0.6 is 0 Å². The second kappa shape index (κ2) is 2.94. The molecule has 1 aromatic heterocycles. The Morgan fingerprint density at radius 1 is 1.06 bits per heavy atom. The molecule has 82 valence electrons. The van der Waals surface area contributed by atoms with Gasteiger partial charge in [-0.2, -0.15) is 0 Å². The van der Waals surface area contributed by atoms with Crippen LogP contribution in [0.15, 0.2) is 36.4 Å². The molecule has 3 heteroatoms. The number of carbonyl (C=O) groups excluding carboxylic acids is 1. The molecular weight excluding hydrogens is 212 g/mol. The Labute approximate surface area is 97.7 Å². The molecule has 0 unspecified atom stereocenters. The number of aromatic nitrogens is 2. The molecule has 0 atom stereocenters. The summed E-state index contributed by atoms with van der Waals surface area (Å²) in [6, 6.07) is 12.3. The zero-order valence-electron chi connectivity index (χ0n) is 9.18. The summed E-state index contributed by atoms with van der Waals surface area (Å²) in [7, 11) is 0. The first kappa shape index (κ1) is 8.93. The van der Waals surface area contributed by atoms with Crippen LogP contribution in [0.2, 0.25) is 0 Å². The van der Waals surface area contributed by atoms with E-state index in [2.05, 4.69) is 29.2 Å². The van der Waals surface area contributed by atoms with Gasteiger partial charge in [-0.3, -0.25) is 9.36 Å². The maximum atomic E-state index is 11.8. The number of imidazole rings is 1. The lowest BCUT2D eigenvalue weighted by Gasteiger charge is -2.00. The zero-order valence-corrected chi connectivity index (χ0v) is 9.18. The highest BCUT2D eigenvalue weighted by Gasteiger charge is 2.23. The van der Waals surface area contributed by atoms with Crippen molar-refractivity contribution in [2.45, 2.75) is 12.8 Å². The minimum atomic E-state index is 0.165. The minimum Gasteiger partial charge on any atom is -0.274 e. The summed E-state index contributed by atoms with van der Waals surface area (Å²) >= 11 is 0. The predicted octanol–water partition coefficient (Wildman–Crippen LogP) is 2.78. The minimum absolute atomic E-state index is 0.165. The number of hydrogen-bond acceptors (Lipinski definition) is 2. The lowest BCUT2D eigenvalue weighted by atomic mass is 10.1. The molecule has 0 spiro atoms. The third kappa shape index (κ3) is 1.11. The lowest BCUT2D eigenvalue weighted by molar-refractivity contribution is 0.0928. The van der Waals surface area contributed by atoms with Crippen LogP contribution in [0.25, 0.3) is 21.8 Å². The maximum absolute atomic E-state index is 11.8. The highest BCUT2D eigenvalue weighted by atomic mass is 16.2. The van der Waals surface area contributed by atoms with Gasteiger partial charge in [-0.15, -0.1) is 0 Å².